The van der Waals surface area contributed by atoms with E-state index in [1.165, 1.54) is 0 Å². The van der Waals surface area contributed by atoms with Crippen LogP contribution < -0.4 is 4.90 Å². The Morgan fingerprint density at radius 2 is 1.96 bits per heavy atom. The van der Waals surface area contributed by atoms with Gasteiger partial charge in [-0.1, -0.05) is 24.3 Å². The molecule has 0 amide bonds. The van der Waals surface area contributed by atoms with Crippen LogP contribution in [0.4, 0.5) is 11.4 Å². The third kappa shape index (κ3) is 2.91. The molecular weight excluding hydrogens is 316 g/mol. The van der Waals surface area contributed by atoms with Gasteiger partial charge in [-0.2, -0.15) is 0 Å². The minimum absolute atomic E-state index is 0.280. The zero-order chi connectivity index (χ0) is 17.4. The van der Waals surface area contributed by atoms with E-state index in [0.29, 0.717) is 25.3 Å². The molecule has 4 rings (SSSR count). The minimum atomic E-state index is -0.929. The number of benzene rings is 2. The van der Waals surface area contributed by atoms with E-state index in [0.717, 1.165) is 41.2 Å². The normalized spacial score (nSPS) is 16.5. The molecular formula is C20H20N2O3. The minimum Gasteiger partial charge on any atom is -0.478 e. The molecule has 5 nitrogen and oxygen atoms in total. The fourth-order valence-corrected chi connectivity index (χ4v) is 3.52. The summed E-state index contributed by atoms with van der Waals surface area (Å²) < 4.78 is 5.40. The first kappa shape index (κ1) is 15.8. The lowest BCUT2D eigenvalue weighted by Crippen LogP contribution is -2.36. The molecule has 0 atom stereocenters. The number of anilines is 1. The van der Waals surface area contributed by atoms with Crippen molar-refractivity contribution in [2.75, 3.05) is 31.2 Å². The Hall–Kier alpha value is -2.66. The molecule has 0 aromatic heterocycles. The Balaban J connectivity index is 1.75. The van der Waals surface area contributed by atoms with Crippen molar-refractivity contribution < 1.29 is 14.6 Å². The van der Waals surface area contributed by atoms with E-state index in [2.05, 4.69) is 28.9 Å². The summed E-state index contributed by atoms with van der Waals surface area (Å²) in [6, 6.07) is 11.9. The van der Waals surface area contributed by atoms with Crippen molar-refractivity contribution in [1.82, 2.24) is 0 Å². The van der Waals surface area contributed by atoms with Crippen molar-refractivity contribution in [3.05, 3.63) is 58.7 Å². The number of hydrogen-bond acceptors (Lipinski definition) is 4. The number of fused-ring (bicyclic) bond motifs is 1. The highest BCUT2D eigenvalue weighted by atomic mass is 16.5. The summed E-state index contributed by atoms with van der Waals surface area (Å²) in [5.41, 5.74) is 5.99. The number of carboxylic acids is 1. The molecule has 128 valence electrons. The van der Waals surface area contributed by atoms with Crippen LogP contribution in [0.1, 0.15) is 27.0 Å². The van der Waals surface area contributed by atoms with Gasteiger partial charge in [0.2, 0.25) is 0 Å². The highest BCUT2D eigenvalue weighted by Crippen LogP contribution is 2.37. The molecule has 1 fully saturated rings. The lowest BCUT2D eigenvalue weighted by atomic mass is 9.98. The number of nitrogens with zero attached hydrogens (tertiary/aromatic N) is 2. The number of aliphatic imine (C=N–C) groups is 1. The number of ether oxygens (including phenoxy) is 1. The zero-order valence-electron chi connectivity index (χ0n) is 14.2. The predicted molar refractivity (Wildman–Crippen MR) is 97.5 cm³/mol. The highest BCUT2D eigenvalue weighted by molar-refractivity contribution is 6.10. The topological polar surface area (TPSA) is 62.1 Å². The number of carboxylic acid groups (broad SMARTS) is 1. The molecule has 5 heteroatoms. The Bertz CT molecular complexity index is 867. The molecule has 0 bridgehead atoms. The molecule has 1 saturated heterocycles. The number of hydrogen-bond donors (Lipinski definition) is 1. The van der Waals surface area contributed by atoms with Gasteiger partial charge in [0, 0.05) is 25.2 Å². The van der Waals surface area contributed by atoms with Crippen LogP contribution in [-0.4, -0.2) is 43.1 Å². The second-order valence-corrected chi connectivity index (χ2v) is 6.46. The SMILES string of the molecule is Cc1ccccc1C1=Nc2c(cc(N3CCOCC3)cc2C(=O)O)C1. The average Bonchev–Trinajstić information content (AvgIpc) is 3.05. The maximum Gasteiger partial charge on any atom is 0.337 e. The molecule has 2 aromatic carbocycles. The first-order valence-corrected chi connectivity index (χ1v) is 8.50. The van der Waals surface area contributed by atoms with Crippen molar-refractivity contribution >= 4 is 23.1 Å². The molecule has 0 spiro atoms. The second-order valence-electron chi connectivity index (χ2n) is 6.46. The molecule has 1 N–H and O–H groups in total. The second kappa shape index (κ2) is 6.33. The van der Waals surface area contributed by atoms with Gasteiger partial charge < -0.3 is 14.7 Å². The molecule has 0 saturated carbocycles. The van der Waals surface area contributed by atoms with Gasteiger partial charge in [-0.05, 0) is 35.7 Å². The van der Waals surface area contributed by atoms with E-state index in [4.69, 9.17) is 4.74 Å². The van der Waals surface area contributed by atoms with Crippen LogP contribution in [0.5, 0.6) is 0 Å². The fourth-order valence-electron chi connectivity index (χ4n) is 3.52. The van der Waals surface area contributed by atoms with E-state index < -0.39 is 5.97 Å². The van der Waals surface area contributed by atoms with Gasteiger partial charge in [0.15, 0.2) is 0 Å². The van der Waals surface area contributed by atoms with Crippen molar-refractivity contribution in [1.29, 1.82) is 0 Å². The summed E-state index contributed by atoms with van der Waals surface area (Å²) in [5, 5.41) is 9.67. The van der Waals surface area contributed by atoms with Crippen molar-refractivity contribution in [2.24, 2.45) is 4.99 Å². The molecule has 2 heterocycles. The maximum atomic E-state index is 11.8. The number of morpholine rings is 1. The third-order valence-corrected chi connectivity index (χ3v) is 4.84. The van der Waals surface area contributed by atoms with Gasteiger partial charge in [-0.25, -0.2) is 4.79 Å². The van der Waals surface area contributed by atoms with Crippen LogP contribution in [0.2, 0.25) is 0 Å². The molecule has 2 aromatic rings. The van der Waals surface area contributed by atoms with Crippen LogP contribution in [0.25, 0.3) is 0 Å². The van der Waals surface area contributed by atoms with Crippen molar-refractivity contribution in [3.63, 3.8) is 0 Å². The van der Waals surface area contributed by atoms with Gasteiger partial charge in [0.1, 0.15) is 0 Å². The number of aromatic carboxylic acids is 1. The number of carbonyl (C=O) groups is 1. The smallest absolute Gasteiger partial charge is 0.337 e. The first-order valence-electron chi connectivity index (χ1n) is 8.50. The number of rotatable bonds is 3. The lowest BCUT2D eigenvalue weighted by molar-refractivity contribution is 0.0698. The van der Waals surface area contributed by atoms with E-state index in [-0.39, 0.29) is 5.56 Å². The Morgan fingerprint density at radius 1 is 1.20 bits per heavy atom. The molecule has 2 aliphatic rings. The largest absolute Gasteiger partial charge is 0.478 e. The van der Waals surface area contributed by atoms with Crippen molar-refractivity contribution in [2.45, 2.75) is 13.3 Å². The van der Waals surface area contributed by atoms with Gasteiger partial charge in [-0.3, -0.25) is 4.99 Å². The first-order chi connectivity index (χ1) is 12.1. The fraction of sp³-hybridized carbons (Fsp3) is 0.300. The monoisotopic (exact) mass is 336 g/mol. The summed E-state index contributed by atoms with van der Waals surface area (Å²) in [6.07, 6.45) is 0.665. The van der Waals surface area contributed by atoms with E-state index >= 15 is 0 Å². The summed E-state index contributed by atoms with van der Waals surface area (Å²) in [5.74, 6) is -0.929. The summed E-state index contributed by atoms with van der Waals surface area (Å²) in [4.78, 5) is 18.7. The lowest BCUT2D eigenvalue weighted by Gasteiger charge is -2.29. The van der Waals surface area contributed by atoms with Crippen LogP contribution in [0.15, 0.2) is 41.4 Å². The summed E-state index contributed by atoms with van der Waals surface area (Å²) in [6.45, 7) is 4.96. The van der Waals surface area contributed by atoms with E-state index in [1.807, 2.05) is 18.2 Å². The molecule has 0 radical (unpaired) electrons. The van der Waals surface area contributed by atoms with Crippen molar-refractivity contribution in [3.8, 4) is 0 Å². The Labute approximate surface area is 146 Å². The standard InChI is InChI=1S/C20H20N2O3/c1-13-4-2-3-5-16(13)18-11-14-10-15(22-6-8-25-9-7-22)12-17(20(23)24)19(14)21-18/h2-5,10,12H,6-9,11H2,1H3,(H,23,24). The number of aryl methyl sites for hydroxylation is 1. The summed E-state index contributed by atoms with van der Waals surface area (Å²) >= 11 is 0. The molecule has 0 unspecified atom stereocenters. The molecule has 25 heavy (non-hydrogen) atoms. The van der Waals surface area contributed by atoms with E-state index in [1.54, 1.807) is 6.07 Å². The zero-order valence-corrected chi connectivity index (χ0v) is 14.2. The average molecular weight is 336 g/mol. The van der Waals surface area contributed by atoms with Crippen LogP contribution >= 0.6 is 0 Å². The Morgan fingerprint density at radius 3 is 2.68 bits per heavy atom. The maximum absolute atomic E-state index is 11.8. The van der Waals surface area contributed by atoms with Crippen LogP contribution in [0.3, 0.4) is 0 Å². The molecule has 2 aliphatic heterocycles. The quantitative estimate of drug-likeness (QED) is 0.935. The van der Waals surface area contributed by atoms with Gasteiger partial charge in [0.25, 0.3) is 0 Å². The van der Waals surface area contributed by atoms with Gasteiger partial charge in [0.05, 0.1) is 30.2 Å². The summed E-state index contributed by atoms with van der Waals surface area (Å²) in [7, 11) is 0. The van der Waals surface area contributed by atoms with Gasteiger partial charge >= 0.3 is 5.97 Å². The van der Waals surface area contributed by atoms with Gasteiger partial charge in [-0.15, -0.1) is 0 Å². The third-order valence-electron chi connectivity index (χ3n) is 4.84. The van der Waals surface area contributed by atoms with Crippen LogP contribution in [-0.2, 0) is 11.2 Å². The Kier molecular flexibility index (Phi) is 4.01. The highest BCUT2D eigenvalue weighted by Gasteiger charge is 2.25. The van der Waals surface area contributed by atoms with E-state index in [9.17, 15) is 9.90 Å². The molecule has 0 aliphatic carbocycles. The van der Waals surface area contributed by atoms with Crippen LogP contribution in [0, 0.1) is 6.92 Å². The predicted octanol–water partition coefficient (Wildman–Crippen LogP) is 3.21.